The molecule has 26 heavy (non-hydrogen) atoms. The maximum absolute atomic E-state index is 10.9. The van der Waals surface area contributed by atoms with Crippen LogP contribution < -0.4 is 19.5 Å². The Morgan fingerprint density at radius 3 is 2.38 bits per heavy atom. The van der Waals surface area contributed by atoms with Gasteiger partial charge in [-0.2, -0.15) is 0 Å². The van der Waals surface area contributed by atoms with Gasteiger partial charge in [-0.25, -0.2) is 0 Å². The summed E-state index contributed by atoms with van der Waals surface area (Å²) in [4.78, 5) is 10.9. The topological polar surface area (TPSA) is 77.0 Å². The van der Waals surface area contributed by atoms with Crippen LogP contribution in [0.1, 0.15) is 24.2 Å². The molecule has 2 aromatic rings. The summed E-state index contributed by atoms with van der Waals surface area (Å²) in [6.45, 7) is 2.50. The van der Waals surface area contributed by atoms with Gasteiger partial charge in [0.05, 0.1) is 20.3 Å². The zero-order chi connectivity index (χ0) is 18.9. The van der Waals surface area contributed by atoms with Gasteiger partial charge in [0.1, 0.15) is 5.75 Å². The van der Waals surface area contributed by atoms with Gasteiger partial charge in [-0.3, -0.25) is 4.79 Å². The number of esters is 1. The average Bonchev–Trinajstić information content (AvgIpc) is 2.65. The first-order valence-corrected chi connectivity index (χ1v) is 8.41. The quantitative estimate of drug-likeness (QED) is 0.407. The van der Waals surface area contributed by atoms with Gasteiger partial charge in [0.2, 0.25) is 0 Å². The summed E-state index contributed by atoms with van der Waals surface area (Å²) in [6, 6.07) is 12.7. The minimum absolute atomic E-state index is 0.366. The van der Waals surface area contributed by atoms with Crippen LogP contribution in [0.2, 0.25) is 0 Å². The second kappa shape index (κ2) is 9.79. The summed E-state index contributed by atoms with van der Waals surface area (Å²) < 4.78 is 15.5. The summed E-state index contributed by atoms with van der Waals surface area (Å²) in [5, 5.41) is 13.5. The maximum atomic E-state index is 10.9. The number of methoxy groups -OCH3 is 2. The van der Waals surface area contributed by atoms with Crippen LogP contribution in [-0.4, -0.2) is 38.4 Å². The third-order valence-corrected chi connectivity index (χ3v) is 3.90. The molecule has 0 amide bonds. The molecule has 0 aromatic heterocycles. The third kappa shape index (κ3) is 5.75. The number of ether oxygens (including phenoxy) is 3. The van der Waals surface area contributed by atoms with Crippen molar-refractivity contribution in [1.29, 1.82) is 0 Å². The second-order valence-corrected chi connectivity index (χ2v) is 5.82. The van der Waals surface area contributed by atoms with E-state index in [2.05, 4.69) is 5.32 Å². The fourth-order valence-corrected chi connectivity index (χ4v) is 2.55. The van der Waals surface area contributed by atoms with Gasteiger partial charge < -0.3 is 24.6 Å². The highest BCUT2D eigenvalue weighted by atomic mass is 16.5. The van der Waals surface area contributed by atoms with E-state index in [1.807, 2.05) is 18.2 Å². The van der Waals surface area contributed by atoms with Gasteiger partial charge in [-0.1, -0.05) is 18.2 Å². The summed E-state index contributed by atoms with van der Waals surface area (Å²) in [5.74, 6) is 1.51. The van der Waals surface area contributed by atoms with E-state index >= 15 is 0 Å². The van der Waals surface area contributed by atoms with Gasteiger partial charge in [0.25, 0.3) is 0 Å². The van der Waals surface area contributed by atoms with Crippen molar-refractivity contribution in [3.8, 4) is 17.2 Å². The van der Waals surface area contributed by atoms with E-state index in [9.17, 15) is 9.90 Å². The number of carbonyl (C=O) groups excluding carboxylic acids is 1. The molecule has 0 fully saturated rings. The van der Waals surface area contributed by atoms with Crippen molar-refractivity contribution in [3.63, 3.8) is 0 Å². The molecule has 2 N–H and O–H groups in total. The molecule has 1 unspecified atom stereocenters. The number of aliphatic hydroxyl groups excluding tert-OH is 1. The van der Waals surface area contributed by atoms with Gasteiger partial charge >= 0.3 is 5.97 Å². The van der Waals surface area contributed by atoms with Crippen LogP contribution in [0.4, 0.5) is 0 Å². The molecular formula is C20H25NO5. The molecule has 0 bridgehead atoms. The smallest absolute Gasteiger partial charge is 0.308 e. The maximum Gasteiger partial charge on any atom is 0.308 e. The lowest BCUT2D eigenvalue weighted by Crippen LogP contribution is -2.23. The molecule has 0 radical (unpaired) electrons. The molecule has 140 valence electrons. The number of benzene rings is 2. The number of nitrogens with one attached hydrogen (secondary N) is 1. The monoisotopic (exact) mass is 359 g/mol. The highest BCUT2D eigenvalue weighted by Gasteiger charge is 2.08. The number of hydrogen-bond donors (Lipinski definition) is 2. The Bertz CT molecular complexity index is 715. The fourth-order valence-electron chi connectivity index (χ4n) is 2.55. The van der Waals surface area contributed by atoms with E-state index in [4.69, 9.17) is 14.2 Å². The minimum atomic E-state index is -0.633. The molecule has 1 atom stereocenters. The standard InChI is InChI=1S/C20H25NO5/c1-14(22)26-17-7-5-16(6-8-17)18(23)13-21-11-10-15-4-9-19(24-2)20(12-15)25-3/h4-9,12,18,21,23H,10-11,13H2,1-3H3. The molecular weight excluding hydrogens is 334 g/mol. The van der Waals surface area contributed by atoms with Crippen LogP contribution in [-0.2, 0) is 11.2 Å². The lowest BCUT2D eigenvalue weighted by atomic mass is 10.1. The normalized spacial score (nSPS) is 11.7. The molecule has 0 aliphatic carbocycles. The molecule has 0 saturated carbocycles. The Balaban J connectivity index is 1.79. The molecule has 0 heterocycles. The van der Waals surface area contributed by atoms with Gasteiger partial charge in [0.15, 0.2) is 11.5 Å². The number of aliphatic hydroxyl groups is 1. The van der Waals surface area contributed by atoms with Crippen LogP contribution >= 0.6 is 0 Å². The molecule has 2 aromatic carbocycles. The number of carbonyl (C=O) groups is 1. The van der Waals surface area contributed by atoms with Crippen LogP contribution in [0.15, 0.2) is 42.5 Å². The Labute approximate surface area is 153 Å². The lowest BCUT2D eigenvalue weighted by Gasteiger charge is -2.13. The predicted molar refractivity (Wildman–Crippen MR) is 98.8 cm³/mol. The summed E-state index contributed by atoms with van der Waals surface area (Å²) >= 11 is 0. The van der Waals surface area contributed by atoms with Crippen molar-refractivity contribution in [2.24, 2.45) is 0 Å². The molecule has 2 rings (SSSR count). The highest BCUT2D eigenvalue weighted by molar-refractivity contribution is 5.69. The third-order valence-electron chi connectivity index (χ3n) is 3.90. The molecule has 0 saturated heterocycles. The second-order valence-electron chi connectivity index (χ2n) is 5.82. The number of hydrogen-bond acceptors (Lipinski definition) is 6. The van der Waals surface area contributed by atoms with Crippen LogP contribution in [0.3, 0.4) is 0 Å². The first-order chi connectivity index (χ1) is 12.5. The van der Waals surface area contributed by atoms with E-state index in [1.54, 1.807) is 38.5 Å². The van der Waals surface area contributed by atoms with E-state index < -0.39 is 6.10 Å². The summed E-state index contributed by atoms with van der Waals surface area (Å²) in [7, 11) is 3.22. The SMILES string of the molecule is COc1ccc(CCNCC(O)c2ccc(OC(C)=O)cc2)cc1OC. The van der Waals surface area contributed by atoms with Crippen LogP contribution in [0.25, 0.3) is 0 Å². The minimum Gasteiger partial charge on any atom is -0.493 e. The van der Waals surface area contributed by atoms with Gasteiger partial charge in [0, 0.05) is 13.5 Å². The van der Waals surface area contributed by atoms with E-state index in [-0.39, 0.29) is 5.97 Å². The average molecular weight is 359 g/mol. The predicted octanol–water partition coefficient (Wildman–Crippen LogP) is 2.49. The molecule has 6 heteroatoms. The Morgan fingerprint density at radius 1 is 1.08 bits per heavy atom. The van der Waals surface area contributed by atoms with Crippen molar-refractivity contribution in [1.82, 2.24) is 5.32 Å². The van der Waals surface area contributed by atoms with Crippen molar-refractivity contribution in [2.45, 2.75) is 19.4 Å². The Hall–Kier alpha value is -2.57. The summed E-state index contributed by atoms with van der Waals surface area (Å²) in [5.41, 5.74) is 1.88. The first kappa shape index (κ1) is 19.8. The molecule has 0 aliphatic heterocycles. The van der Waals surface area contributed by atoms with E-state index in [0.717, 1.165) is 24.1 Å². The van der Waals surface area contributed by atoms with Crippen molar-refractivity contribution in [2.75, 3.05) is 27.3 Å². The molecule has 0 spiro atoms. The molecule has 6 nitrogen and oxygen atoms in total. The van der Waals surface area contributed by atoms with Gasteiger partial charge in [-0.05, 0) is 48.4 Å². The Morgan fingerprint density at radius 2 is 1.77 bits per heavy atom. The van der Waals surface area contributed by atoms with Crippen molar-refractivity contribution < 1.29 is 24.1 Å². The fraction of sp³-hybridized carbons (Fsp3) is 0.350. The zero-order valence-corrected chi connectivity index (χ0v) is 15.3. The lowest BCUT2D eigenvalue weighted by molar-refractivity contribution is -0.131. The van der Waals surface area contributed by atoms with Crippen LogP contribution in [0.5, 0.6) is 17.2 Å². The molecule has 0 aliphatic rings. The van der Waals surface area contributed by atoms with Crippen LogP contribution in [0, 0.1) is 0 Å². The van der Waals surface area contributed by atoms with Gasteiger partial charge in [-0.15, -0.1) is 0 Å². The zero-order valence-electron chi connectivity index (χ0n) is 15.3. The van der Waals surface area contributed by atoms with E-state index in [0.29, 0.717) is 23.8 Å². The summed E-state index contributed by atoms with van der Waals surface area (Å²) in [6.07, 6.45) is 0.171. The first-order valence-electron chi connectivity index (χ1n) is 8.41. The largest absolute Gasteiger partial charge is 0.493 e. The van der Waals surface area contributed by atoms with E-state index in [1.165, 1.54) is 6.92 Å². The Kier molecular flexibility index (Phi) is 7.44. The highest BCUT2D eigenvalue weighted by Crippen LogP contribution is 2.27. The number of rotatable bonds is 9. The van der Waals surface area contributed by atoms with Crippen molar-refractivity contribution in [3.05, 3.63) is 53.6 Å². The van der Waals surface area contributed by atoms with Crippen molar-refractivity contribution >= 4 is 5.97 Å².